The molecule has 0 radical (unpaired) electrons. The lowest BCUT2D eigenvalue weighted by atomic mass is 10.0. The first-order chi connectivity index (χ1) is 12.0. The average Bonchev–Trinajstić information content (AvgIpc) is 2.55. The van der Waals surface area contributed by atoms with Crippen LogP contribution in [0.15, 0.2) is 30.4 Å². The zero-order chi connectivity index (χ0) is 18.7. The summed E-state index contributed by atoms with van der Waals surface area (Å²) in [5.74, 6) is -0.201. The Morgan fingerprint density at radius 2 is 1.96 bits per heavy atom. The van der Waals surface area contributed by atoms with Crippen LogP contribution in [0.1, 0.15) is 31.7 Å². The first kappa shape index (κ1) is 20.4. The van der Waals surface area contributed by atoms with E-state index in [1.54, 1.807) is 6.08 Å². The largest absolute Gasteiger partial charge is 0.343 e. The SMILES string of the molecule is C#CCNC(=O)[C@H](Cc1cc(F)cc(F)c1)NC(=O)/C=C/CCCC. The maximum Gasteiger partial charge on any atom is 0.244 e. The Hall–Kier alpha value is -2.68. The molecule has 0 saturated carbocycles. The third kappa shape index (κ3) is 8.11. The molecule has 1 atom stereocenters. The van der Waals surface area contributed by atoms with E-state index in [2.05, 4.69) is 16.6 Å². The van der Waals surface area contributed by atoms with Gasteiger partial charge in [-0.3, -0.25) is 9.59 Å². The van der Waals surface area contributed by atoms with Gasteiger partial charge in [0, 0.05) is 12.5 Å². The first-order valence-electron chi connectivity index (χ1n) is 8.09. The van der Waals surface area contributed by atoms with Gasteiger partial charge in [-0.1, -0.05) is 31.8 Å². The van der Waals surface area contributed by atoms with Gasteiger partial charge in [-0.15, -0.1) is 6.42 Å². The van der Waals surface area contributed by atoms with Gasteiger partial charge in [0.25, 0.3) is 0 Å². The molecule has 0 heterocycles. The van der Waals surface area contributed by atoms with Crippen molar-refractivity contribution >= 4 is 11.8 Å². The Morgan fingerprint density at radius 1 is 1.28 bits per heavy atom. The summed E-state index contributed by atoms with van der Waals surface area (Å²) in [6.07, 6.45) is 10.8. The van der Waals surface area contributed by atoms with Gasteiger partial charge < -0.3 is 10.6 Å². The molecule has 0 fully saturated rings. The van der Waals surface area contributed by atoms with E-state index in [0.717, 1.165) is 37.5 Å². The summed E-state index contributed by atoms with van der Waals surface area (Å²) in [5, 5.41) is 5.00. The zero-order valence-corrected chi connectivity index (χ0v) is 14.1. The monoisotopic (exact) mass is 348 g/mol. The maximum atomic E-state index is 13.3. The highest BCUT2D eigenvalue weighted by molar-refractivity contribution is 5.93. The number of carbonyl (C=O) groups excluding carboxylic acids is 2. The number of carbonyl (C=O) groups is 2. The second-order valence-electron chi connectivity index (χ2n) is 5.51. The van der Waals surface area contributed by atoms with E-state index in [1.165, 1.54) is 6.08 Å². The summed E-state index contributed by atoms with van der Waals surface area (Å²) in [6.45, 7) is 2.03. The van der Waals surface area contributed by atoms with Crippen LogP contribution < -0.4 is 10.6 Å². The number of terminal acetylenes is 1. The molecular weight excluding hydrogens is 326 g/mol. The zero-order valence-electron chi connectivity index (χ0n) is 14.1. The first-order valence-corrected chi connectivity index (χ1v) is 8.09. The van der Waals surface area contributed by atoms with E-state index in [1.807, 2.05) is 6.92 Å². The van der Waals surface area contributed by atoms with Gasteiger partial charge in [0.2, 0.25) is 11.8 Å². The van der Waals surface area contributed by atoms with Crippen molar-refractivity contribution in [3.05, 3.63) is 47.5 Å². The van der Waals surface area contributed by atoms with Gasteiger partial charge in [-0.25, -0.2) is 8.78 Å². The molecule has 0 saturated heterocycles. The van der Waals surface area contributed by atoms with Crippen molar-refractivity contribution in [1.82, 2.24) is 10.6 Å². The lowest BCUT2D eigenvalue weighted by molar-refractivity contribution is -0.126. The van der Waals surface area contributed by atoms with Crippen LogP contribution in [0.3, 0.4) is 0 Å². The van der Waals surface area contributed by atoms with E-state index < -0.39 is 29.5 Å². The number of rotatable bonds is 9. The molecule has 1 rings (SSSR count). The summed E-state index contributed by atoms with van der Waals surface area (Å²) in [6, 6.07) is 1.99. The molecule has 25 heavy (non-hydrogen) atoms. The topological polar surface area (TPSA) is 58.2 Å². The summed E-state index contributed by atoms with van der Waals surface area (Å²) in [4.78, 5) is 24.1. The van der Waals surface area contributed by atoms with Gasteiger partial charge in [0.05, 0.1) is 6.54 Å². The predicted molar refractivity (Wildman–Crippen MR) is 92.5 cm³/mol. The molecule has 0 aliphatic rings. The number of unbranched alkanes of at least 4 members (excludes halogenated alkanes) is 2. The third-order valence-corrected chi connectivity index (χ3v) is 3.35. The van der Waals surface area contributed by atoms with Crippen LogP contribution >= 0.6 is 0 Å². The molecule has 0 aliphatic carbocycles. The Balaban J connectivity index is 2.81. The van der Waals surface area contributed by atoms with Crippen LogP contribution in [0.5, 0.6) is 0 Å². The number of hydrogen-bond acceptors (Lipinski definition) is 2. The highest BCUT2D eigenvalue weighted by Crippen LogP contribution is 2.10. The van der Waals surface area contributed by atoms with Crippen molar-refractivity contribution in [2.45, 2.75) is 38.6 Å². The molecular formula is C19H22F2N2O2. The smallest absolute Gasteiger partial charge is 0.244 e. The minimum atomic E-state index is -0.988. The molecule has 6 heteroatoms. The van der Waals surface area contributed by atoms with Crippen LogP contribution in [-0.4, -0.2) is 24.4 Å². The van der Waals surface area contributed by atoms with Crippen molar-refractivity contribution in [1.29, 1.82) is 0 Å². The van der Waals surface area contributed by atoms with Crippen LogP contribution in [0.25, 0.3) is 0 Å². The highest BCUT2D eigenvalue weighted by Gasteiger charge is 2.20. The predicted octanol–water partition coefficient (Wildman–Crippen LogP) is 2.49. The average molecular weight is 348 g/mol. The number of benzene rings is 1. The van der Waals surface area contributed by atoms with Crippen molar-refractivity contribution < 1.29 is 18.4 Å². The van der Waals surface area contributed by atoms with Gasteiger partial charge in [0.15, 0.2) is 0 Å². The molecule has 0 aromatic heterocycles. The number of allylic oxidation sites excluding steroid dienone is 1. The Labute approximate surface area is 146 Å². The minimum absolute atomic E-state index is 0.00491. The van der Waals surface area contributed by atoms with Crippen molar-refractivity contribution in [3.8, 4) is 12.3 Å². The standard InChI is InChI=1S/C19H22F2N2O2/c1-3-5-6-7-8-18(24)23-17(19(25)22-9-4-2)12-14-10-15(20)13-16(21)11-14/h2,7-8,10-11,13,17H,3,5-6,9,12H2,1H3,(H,22,25)(H,23,24)/b8-7+/t17-/m0/s1. The van der Waals surface area contributed by atoms with E-state index in [0.29, 0.717) is 0 Å². The van der Waals surface area contributed by atoms with Crippen molar-refractivity contribution in [2.24, 2.45) is 0 Å². The van der Waals surface area contributed by atoms with Crippen LogP contribution in [0.2, 0.25) is 0 Å². The molecule has 0 unspecified atom stereocenters. The van der Waals surface area contributed by atoms with E-state index in [9.17, 15) is 18.4 Å². The fourth-order valence-corrected chi connectivity index (χ4v) is 2.17. The maximum absolute atomic E-state index is 13.3. The number of nitrogens with one attached hydrogen (secondary N) is 2. The second-order valence-corrected chi connectivity index (χ2v) is 5.51. The lowest BCUT2D eigenvalue weighted by Crippen LogP contribution is -2.47. The van der Waals surface area contributed by atoms with E-state index in [-0.39, 0.29) is 18.5 Å². The molecule has 2 N–H and O–H groups in total. The van der Waals surface area contributed by atoms with Crippen molar-refractivity contribution in [3.63, 3.8) is 0 Å². The van der Waals surface area contributed by atoms with Gasteiger partial charge in [0.1, 0.15) is 17.7 Å². The quantitative estimate of drug-likeness (QED) is 0.409. The van der Waals surface area contributed by atoms with Crippen molar-refractivity contribution in [2.75, 3.05) is 6.54 Å². The molecule has 0 aliphatic heterocycles. The third-order valence-electron chi connectivity index (χ3n) is 3.35. The number of halogens is 2. The van der Waals surface area contributed by atoms with Crippen LogP contribution in [-0.2, 0) is 16.0 Å². The Kier molecular flexibility index (Phi) is 8.94. The molecule has 4 nitrogen and oxygen atoms in total. The Bertz CT molecular complexity index is 646. The molecule has 1 aromatic rings. The molecule has 0 spiro atoms. The molecule has 134 valence electrons. The summed E-state index contributed by atoms with van der Waals surface area (Å²) < 4.78 is 26.6. The van der Waals surface area contributed by atoms with Gasteiger partial charge in [-0.2, -0.15) is 0 Å². The number of hydrogen-bond donors (Lipinski definition) is 2. The van der Waals surface area contributed by atoms with Gasteiger partial charge in [-0.05, 0) is 30.2 Å². The van der Waals surface area contributed by atoms with Gasteiger partial charge >= 0.3 is 0 Å². The summed E-state index contributed by atoms with van der Waals surface area (Å²) in [5.41, 5.74) is 0.258. The normalized spacial score (nSPS) is 11.8. The molecule has 0 bridgehead atoms. The molecule has 2 amide bonds. The van der Waals surface area contributed by atoms with E-state index >= 15 is 0 Å². The molecule has 1 aromatic carbocycles. The summed E-state index contributed by atoms with van der Waals surface area (Å²) >= 11 is 0. The van der Waals surface area contributed by atoms with Crippen LogP contribution in [0, 0.1) is 24.0 Å². The minimum Gasteiger partial charge on any atom is -0.343 e. The van der Waals surface area contributed by atoms with Crippen LogP contribution in [0.4, 0.5) is 8.78 Å². The lowest BCUT2D eigenvalue weighted by Gasteiger charge is -2.17. The fraction of sp³-hybridized carbons (Fsp3) is 0.368. The number of amides is 2. The Morgan fingerprint density at radius 3 is 2.56 bits per heavy atom. The highest BCUT2D eigenvalue weighted by atomic mass is 19.1. The van der Waals surface area contributed by atoms with E-state index in [4.69, 9.17) is 6.42 Å². The second kappa shape index (κ2) is 11.0. The summed E-state index contributed by atoms with van der Waals surface area (Å²) in [7, 11) is 0. The fourth-order valence-electron chi connectivity index (χ4n) is 2.17.